The lowest BCUT2D eigenvalue weighted by Gasteiger charge is -2.20. The van der Waals surface area contributed by atoms with Gasteiger partial charge < -0.3 is 15.3 Å². The minimum Gasteiger partial charge on any atom is -0.478 e. The van der Waals surface area contributed by atoms with Crippen LogP contribution in [0.1, 0.15) is 36.2 Å². The number of carboxylic acid groups (broad SMARTS) is 1. The van der Waals surface area contributed by atoms with E-state index >= 15 is 0 Å². The number of aromatic carboxylic acids is 1. The van der Waals surface area contributed by atoms with E-state index in [1.165, 1.54) is 19.5 Å². The minimum atomic E-state index is -0.894. The number of rotatable bonds is 6. The highest BCUT2D eigenvalue weighted by Gasteiger charge is 2.23. The third-order valence-corrected chi connectivity index (χ3v) is 4.83. The molecule has 1 aliphatic heterocycles. The first-order chi connectivity index (χ1) is 9.97. The average Bonchev–Trinajstić information content (AvgIpc) is 2.89. The molecule has 1 atom stereocenters. The molecule has 2 rings (SSSR count). The zero-order chi connectivity index (χ0) is 15.4. The number of carboxylic acids is 1. The van der Waals surface area contributed by atoms with Gasteiger partial charge in [-0.15, -0.1) is 0 Å². The maximum Gasteiger partial charge on any atom is 0.335 e. The number of benzene rings is 1. The van der Waals surface area contributed by atoms with Crippen molar-refractivity contribution in [3.63, 3.8) is 0 Å². The van der Waals surface area contributed by atoms with Crippen molar-refractivity contribution in [3.05, 3.63) is 33.8 Å². The fourth-order valence-corrected chi connectivity index (χ4v) is 3.25. The number of hydrogen-bond donors (Lipinski definition) is 2. The molecule has 0 bridgehead atoms. The summed E-state index contributed by atoms with van der Waals surface area (Å²) in [6, 6.07) is 5.82. The predicted molar refractivity (Wildman–Crippen MR) is 87.6 cm³/mol. The van der Waals surface area contributed by atoms with Crippen LogP contribution in [0.4, 0.5) is 0 Å². The van der Waals surface area contributed by atoms with Crippen LogP contribution in [0.25, 0.3) is 0 Å². The number of likely N-dealkylation sites (tertiary alicyclic amines) is 1. The minimum absolute atomic E-state index is 0.314. The molecule has 1 aromatic rings. The molecule has 0 saturated carbocycles. The van der Waals surface area contributed by atoms with Gasteiger partial charge in [0.1, 0.15) is 0 Å². The van der Waals surface area contributed by atoms with Gasteiger partial charge in [-0.2, -0.15) is 0 Å². The van der Waals surface area contributed by atoms with Gasteiger partial charge in [0, 0.05) is 23.6 Å². The molecule has 1 fully saturated rings. The van der Waals surface area contributed by atoms with Crippen molar-refractivity contribution in [1.29, 1.82) is 0 Å². The van der Waals surface area contributed by atoms with E-state index in [1.807, 2.05) is 6.07 Å². The molecule has 1 unspecified atom stereocenters. The zero-order valence-corrected chi connectivity index (χ0v) is 14.2. The Balaban J connectivity index is 1.80. The van der Waals surface area contributed by atoms with E-state index in [1.54, 1.807) is 12.1 Å². The van der Waals surface area contributed by atoms with Crippen molar-refractivity contribution >= 4 is 21.9 Å². The van der Waals surface area contributed by atoms with E-state index in [2.05, 4.69) is 40.0 Å². The Morgan fingerprint density at radius 1 is 1.52 bits per heavy atom. The molecule has 0 radical (unpaired) electrons. The number of carbonyl (C=O) groups is 1. The molecule has 1 aromatic carbocycles. The molecule has 0 spiro atoms. The summed E-state index contributed by atoms with van der Waals surface area (Å²) < 4.78 is 0.852. The topological polar surface area (TPSA) is 52.6 Å². The standard InChI is InChI=1S/C16H23BrN2O2/c1-11(2)19-6-5-12(10-19)8-18-9-14-4-3-13(16(20)21)7-15(14)17/h3-4,7,11-12,18H,5-6,8-10H2,1-2H3,(H,20,21). The summed E-state index contributed by atoms with van der Waals surface area (Å²) >= 11 is 3.45. The third-order valence-electron chi connectivity index (χ3n) is 4.10. The van der Waals surface area contributed by atoms with E-state index in [0.717, 1.165) is 23.1 Å². The second-order valence-electron chi connectivity index (χ2n) is 5.99. The van der Waals surface area contributed by atoms with Crippen molar-refractivity contribution < 1.29 is 9.90 Å². The largest absolute Gasteiger partial charge is 0.478 e. The fraction of sp³-hybridized carbons (Fsp3) is 0.562. The van der Waals surface area contributed by atoms with Gasteiger partial charge in [-0.3, -0.25) is 0 Å². The van der Waals surface area contributed by atoms with Crippen LogP contribution in [0.5, 0.6) is 0 Å². The smallest absolute Gasteiger partial charge is 0.335 e. The molecule has 4 nitrogen and oxygen atoms in total. The molecular formula is C16H23BrN2O2. The SMILES string of the molecule is CC(C)N1CCC(CNCc2ccc(C(=O)O)cc2Br)C1. The highest BCUT2D eigenvalue weighted by Crippen LogP contribution is 2.20. The van der Waals surface area contributed by atoms with Crippen LogP contribution in [0, 0.1) is 5.92 Å². The van der Waals surface area contributed by atoms with Gasteiger partial charge in [-0.25, -0.2) is 4.79 Å². The monoisotopic (exact) mass is 354 g/mol. The van der Waals surface area contributed by atoms with Crippen LogP contribution in [-0.4, -0.2) is 41.7 Å². The number of halogens is 1. The Labute approximate surface area is 134 Å². The summed E-state index contributed by atoms with van der Waals surface area (Å²) in [5.74, 6) is -0.181. The van der Waals surface area contributed by atoms with E-state index in [0.29, 0.717) is 17.5 Å². The Morgan fingerprint density at radius 2 is 2.29 bits per heavy atom. The van der Waals surface area contributed by atoms with Crippen LogP contribution in [-0.2, 0) is 6.54 Å². The lowest BCUT2D eigenvalue weighted by atomic mass is 10.1. The van der Waals surface area contributed by atoms with Crippen molar-refractivity contribution in [1.82, 2.24) is 10.2 Å². The normalized spacial score (nSPS) is 19.3. The van der Waals surface area contributed by atoms with Gasteiger partial charge in [-0.1, -0.05) is 22.0 Å². The molecule has 116 valence electrons. The summed E-state index contributed by atoms with van der Waals surface area (Å²) in [6.07, 6.45) is 1.25. The second kappa shape index (κ2) is 7.38. The highest BCUT2D eigenvalue weighted by molar-refractivity contribution is 9.10. The third kappa shape index (κ3) is 4.53. The molecule has 2 N–H and O–H groups in total. The number of nitrogens with zero attached hydrogens (tertiary/aromatic N) is 1. The molecule has 0 aromatic heterocycles. The molecule has 21 heavy (non-hydrogen) atoms. The van der Waals surface area contributed by atoms with Crippen LogP contribution in [0.3, 0.4) is 0 Å². The first kappa shape index (κ1) is 16.5. The van der Waals surface area contributed by atoms with Crippen LogP contribution < -0.4 is 5.32 Å². The average molecular weight is 355 g/mol. The van der Waals surface area contributed by atoms with Crippen molar-refractivity contribution in [2.75, 3.05) is 19.6 Å². The van der Waals surface area contributed by atoms with E-state index in [4.69, 9.17) is 5.11 Å². The second-order valence-corrected chi connectivity index (χ2v) is 6.84. The first-order valence-corrected chi connectivity index (χ1v) is 8.23. The van der Waals surface area contributed by atoms with E-state index in [-0.39, 0.29) is 0 Å². The fourth-order valence-electron chi connectivity index (χ4n) is 2.73. The van der Waals surface area contributed by atoms with Gasteiger partial charge >= 0.3 is 5.97 Å². The lowest BCUT2D eigenvalue weighted by molar-refractivity contribution is 0.0697. The van der Waals surface area contributed by atoms with Gasteiger partial charge in [0.25, 0.3) is 0 Å². The van der Waals surface area contributed by atoms with Crippen molar-refractivity contribution in [2.24, 2.45) is 5.92 Å². The predicted octanol–water partition coefficient (Wildman–Crippen LogP) is 2.97. The molecule has 5 heteroatoms. The summed E-state index contributed by atoms with van der Waals surface area (Å²) in [4.78, 5) is 13.4. The van der Waals surface area contributed by atoms with Crippen molar-refractivity contribution in [2.45, 2.75) is 32.9 Å². The Hall–Kier alpha value is -0.910. The summed E-state index contributed by atoms with van der Waals surface area (Å²) in [5, 5.41) is 12.4. The molecule has 1 aliphatic rings. The molecular weight excluding hydrogens is 332 g/mol. The Morgan fingerprint density at radius 3 is 2.86 bits per heavy atom. The van der Waals surface area contributed by atoms with Gasteiger partial charge in [-0.05, 0) is 57.0 Å². The maximum absolute atomic E-state index is 10.9. The lowest BCUT2D eigenvalue weighted by Crippen LogP contribution is -2.30. The van der Waals surface area contributed by atoms with Crippen LogP contribution >= 0.6 is 15.9 Å². The maximum atomic E-state index is 10.9. The number of nitrogens with one attached hydrogen (secondary N) is 1. The summed E-state index contributed by atoms with van der Waals surface area (Å²) in [5.41, 5.74) is 1.41. The highest BCUT2D eigenvalue weighted by atomic mass is 79.9. The van der Waals surface area contributed by atoms with Crippen LogP contribution in [0.2, 0.25) is 0 Å². The molecule has 1 saturated heterocycles. The van der Waals surface area contributed by atoms with Gasteiger partial charge in [0.05, 0.1) is 5.56 Å². The number of hydrogen-bond acceptors (Lipinski definition) is 3. The molecule has 1 heterocycles. The van der Waals surface area contributed by atoms with Crippen molar-refractivity contribution in [3.8, 4) is 0 Å². The van der Waals surface area contributed by atoms with E-state index < -0.39 is 5.97 Å². The molecule has 0 amide bonds. The molecule has 0 aliphatic carbocycles. The quantitative estimate of drug-likeness (QED) is 0.824. The summed E-state index contributed by atoms with van der Waals surface area (Å²) in [6.45, 7) is 8.63. The van der Waals surface area contributed by atoms with E-state index in [9.17, 15) is 4.79 Å². The Kier molecular flexibility index (Phi) is 5.79. The Bertz CT molecular complexity index is 505. The first-order valence-electron chi connectivity index (χ1n) is 7.44. The van der Waals surface area contributed by atoms with Gasteiger partial charge in [0.15, 0.2) is 0 Å². The zero-order valence-electron chi connectivity index (χ0n) is 12.6. The van der Waals surface area contributed by atoms with Crippen LogP contribution in [0.15, 0.2) is 22.7 Å². The van der Waals surface area contributed by atoms with Gasteiger partial charge in [0.2, 0.25) is 0 Å². The summed E-state index contributed by atoms with van der Waals surface area (Å²) in [7, 11) is 0.